The number of amides is 1. The highest BCUT2D eigenvalue weighted by molar-refractivity contribution is 5.77. The Kier molecular flexibility index (Phi) is 7.62. The zero-order valence-electron chi connectivity index (χ0n) is 19.2. The third-order valence-corrected chi connectivity index (χ3v) is 5.75. The van der Waals surface area contributed by atoms with Gasteiger partial charge < -0.3 is 29.9 Å². The summed E-state index contributed by atoms with van der Waals surface area (Å²) in [6.45, 7) is 4.88. The highest BCUT2D eigenvalue weighted by Crippen LogP contribution is 2.22. The van der Waals surface area contributed by atoms with Crippen LogP contribution in [-0.2, 0) is 19.1 Å². The zero-order chi connectivity index (χ0) is 23.9. The molecule has 2 aromatic rings. The topological polar surface area (TPSA) is 153 Å². The van der Waals surface area contributed by atoms with Gasteiger partial charge in [-0.15, -0.1) is 0 Å². The van der Waals surface area contributed by atoms with Crippen molar-refractivity contribution in [2.24, 2.45) is 0 Å². The Labute approximate surface area is 197 Å². The fourth-order valence-electron chi connectivity index (χ4n) is 3.78. The molecular weight excluding hydrogens is 442 g/mol. The molecule has 2 saturated heterocycles. The molecule has 34 heavy (non-hydrogen) atoms. The number of nitrogens with two attached hydrogens (primary N) is 1. The molecule has 13 nitrogen and oxygen atoms in total. The Bertz CT molecular complexity index is 990. The van der Waals surface area contributed by atoms with Gasteiger partial charge in [0.25, 0.3) is 0 Å². The van der Waals surface area contributed by atoms with Gasteiger partial charge in [0.1, 0.15) is 0 Å². The number of esters is 1. The van der Waals surface area contributed by atoms with E-state index in [1.54, 1.807) is 12.4 Å². The summed E-state index contributed by atoms with van der Waals surface area (Å²) >= 11 is 0. The number of nitrogens with zero attached hydrogens (tertiary/aromatic N) is 8. The maximum absolute atomic E-state index is 12.5. The zero-order valence-corrected chi connectivity index (χ0v) is 19.2. The first-order chi connectivity index (χ1) is 16.5. The van der Waals surface area contributed by atoms with Crippen molar-refractivity contribution in [3.63, 3.8) is 0 Å². The van der Waals surface area contributed by atoms with E-state index in [-0.39, 0.29) is 24.2 Å². The van der Waals surface area contributed by atoms with Gasteiger partial charge in [0.2, 0.25) is 23.8 Å². The molecule has 2 aliphatic heterocycles. The van der Waals surface area contributed by atoms with Gasteiger partial charge in [0, 0.05) is 64.5 Å². The summed E-state index contributed by atoms with van der Waals surface area (Å²) in [7, 11) is 1.35. The van der Waals surface area contributed by atoms with Crippen molar-refractivity contribution < 1.29 is 19.1 Å². The third-order valence-electron chi connectivity index (χ3n) is 5.75. The molecule has 1 amide bonds. The Hall–Kier alpha value is -3.61. The number of anilines is 3. The first kappa shape index (κ1) is 23.5. The third kappa shape index (κ3) is 5.84. The molecule has 182 valence electrons. The first-order valence-electron chi connectivity index (χ1n) is 11.3. The maximum Gasteiger partial charge on any atom is 0.305 e. The standard InChI is InChI=1S/C21H29N9O4/c1-33-17(32)4-2-3-16(31)28-5-7-29(8-6-28)20-25-18(15-13-23-19(22)24-14-15)26-21(27-20)30-9-11-34-12-10-30/h13-14H,2-12H2,1H3,(H2,22,23,24). The number of nitrogen functional groups attached to an aromatic ring is 1. The van der Waals surface area contributed by atoms with Crippen molar-refractivity contribution >= 4 is 29.7 Å². The van der Waals surface area contributed by atoms with E-state index in [2.05, 4.69) is 29.6 Å². The molecule has 0 saturated carbocycles. The lowest BCUT2D eigenvalue weighted by Gasteiger charge is -2.35. The summed E-state index contributed by atoms with van der Waals surface area (Å²) < 4.78 is 10.1. The highest BCUT2D eigenvalue weighted by atomic mass is 16.5. The van der Waals surface area contributed by atoms with Gasteiger partial charge in [0.05, 0.1) is 25.9 Å². The fourth-order valence-corrected chi connectivity index (χ4v) is 3.78. The van der Waals surface area contributed by atoms with Gasteiger partial charge in [-0.3, -0.25) is 9.59 Å². The normalized spacial score (nSPS) is 16.4. The van der Waals surface area contributed by atoms with Crippen LogP contribution in [0.25, 0.3) is 11.4 Å². The van der Waals surface area contributed by atoms with Crippen LogP contribution >= 0.6 is 0 Å². The molecular formula is C21H29N9O4. The minimum atomic E-state index is -0.300. The van der Waals surface area contributed by atoms with Gasteiger partial charge in [0.15, 0.2) is 5.82 Å². The molecule has 2 aromatic heterocycles. The number of aromatic nitrogens is 5. The largest absolute Gasteiger partial charge is 0.469 e. The molecule has 2 aliphatic rings. The molecule has 0 aromatic carbocycles. The second-order valence-electron chi connectivity index (χ2n) is 7.99. The number of carbonyl (C=O) groups is 2. The van der Waals surface area contributed by atoms with Crippen LogP contribution in [0.3, 0.4) is 0 Å². The number of methoxy groups -OCH3 is 1. The summed E-state index contributed by atoms with van der Waals surface area (Å²) in [5.41, 5.74) is 6.27. The molecule has 0 aliphatic carbocycles. The number of piperazine rings is 1. The van der Waals surface area contributed by atoms with Crippen molar-refractivity contribution in [3.05, 3.63) is 12.4 Å². The number of hydrogen-bond donors (Lipinski definition) is 1. The molecule has 0 bridgehead atoms. The van der Waals surface area contributed by atoms with Gasteiger partial charge in [-0.1, -0.05) is 0 Å². The number of rotatable bonds is 7. The summed E-state index contributed by atoms with van der Waals surface area (Å²) in [5.74, 6) is 1.49. The second kappa shape index (κ2) is 11.0. The molecule has 4 rings (SSSR count). The maximum atomic E-state index is 12.5. The monoisotopic (exact) mass is 471 g/mol. The average molecular weight is 472 g/mol. The predicted molar refractivity (Wildman–Crippen MR) is 123 cm³/mol. The predicted octanol–water partition coefficient (Wildman–Crippen LogP) is -0.261. The van der Waals surface area contributed by atoms with Crippen molar-refractivity contribution in [1.82, 2.24) is 29.8 Å². The lowest BCUT2D eigenvalue weighted by Crippen LogP contribution is -2.49. The molecule has 0 atom stereocenters. The molecule has 4 heterocycles. The molecule has 13 heteroatoms. The van der Waals surface area contributed by atoms with Gasteiger partial charge in [-0.2, -0.15) is 15.0 Å². The number of morpholine rings is 1. The molecule has 2 fully saturated rings. The van der Waals surface area contributed by atoms with Crippen molar-refractivity contribution in [2.75, 3.05) is 75.1 Å². The van der Waals surface area contributed by atoms with Crippen LogP contribution in [0.1, 0.15) is 19.3 Å². The second-order valence-corrected chi connectivity index (χ2v) is 7.99. The van der Waals surface area contributed by atoms with Crippen LogP contribution in [0.15, 0.2) is 12.4 Å². The van der Waals surface area contributed by atoms with E-state index >= 15 is 0 Å². The van der Waals surface area contributed by atoms with Crippen LogP contribution in [0.2, 0.25) is 0 Å². The van der Waals surface area contributed by atoms with Crippen molar-refractivity contribution in [3.8, 4) is 11.4 Å². The van der Waals surface area contributed by atoms with Gasteiger partial charge in [-0.05, 0) is 6.42 Å². The number of ether oxygens (including phenoxy) is 2. The van der Waals surface area contributed by atoms with Crippen LogP contribution in [0.4, 0.5) is 17.8 Å². The van der Waals surface area contributed by atoms with Gasteiger partial charge >= 0.3 is 5.97 Å². The van der Waals surface area contributed by atoms with Crippen LogP contribution in [-0.4, -0.2) is 101 Å². The molecule has 0 spiro atoms. The SMILES string of the molecule is COC(=O)CCCC(=O)N1CCN(c2nc(-c3cnc(N)nc3)nc(N3CCOCC3)n2)CC1. The smallest absolute Gasteiger partial charge is 0.305 e. The average Bonchev–Trinajstić information content (AvgIpc) is 2.89. The van der Waals surface area contributed by atoms with Crippen LogP contribution < -0.4 is 15.5 Å². The van der Waals surface area contributed by atoms with E-state index < -0.39 is 0 Å². The minimum absolute atomic E-state index is 0.0351. The van der Waals surface area contributed by atoms with E-state index in [0.29, 0.717) is 88.6 Å². The van der Waals surface area contributed by atoms with Crippen molar-refractivity contribution in [1.29, 1.82) is 0 Å². The molecule has 0 unspecified atom stereocenters. The summed E-state index contributed by atoms with van der Waals surface area (Å²) in [6, 6.07) is 0. The number of carbonyl (C=O) groups excluding carboxylic acids is 2. The van der Waals surface area contributed by atoms with E-state index in [9.17, 15) is 9.59 Å². The Balaban J connectivity index is 1.46. The van der Waals surface area contributed by atoms with Crippen molar-refractivity contribution in [2.45, 2.75) is 19.3 Å². The van der Waals surface area contributed by atoms with E-state index in [0.717, 1.165) is 0 Å². The van der Waals surface area contributed by atoms with E-state index in [4.69, 9.17) is 15.5 Å². The van der Waals surface area contributed by atoms with Gasteiger partial charge in [-0.25, -0.2) is 9.97 Å². The Morgan fingerprint density at radius 2 is 1.56 bits per heavy atom. The fraction of sp³-hybridized carbons (Fsp3) is 0.571. The summed E-state index contributed by atoms with van der Waals surface area (Å²) in [5, 5.41) is 0. The van der Waals surface area contributed by atoms with E-state index in [1.165, 1.54) is 7.11 Å². The summed E-state index contributed by atoms with van der Waals surface area (Å²) in [4.78, 5) is 51.9. The first-order valence-corrected chi connectivity index (χ1v) is 11.3. The van der Waals surface area contributed by atoms with Crippen LogP contribution in [0.5, 0.6) is 0 Å². The minimum Gasteiger partial charge on any atom is -0.469 e. The molecule has 2 N–H and O–H groups in total. The van der Waals surface area contributed by atoms with E-state index in [1.807, 2.05) is 9.80 Å². The molecule has 0 radical (unpaired) electrons. The number of hydrogen-bond acceptors (Lipinski definition) is 12. The highest BCUT2D eigenvalue weighted by Gasteiger charge is 2.25. The lowest BCUT2D eigenvalue weighted by atomic mass is 10.2. The quantitative estimate of drug-likeness (QED) is 0.529. The summed E-state index contributed by atoms with van der Waals surface area (Å²) in [6.07, 6.45) is 4.23. The lowest BCUT2D eigenvalue weighted by molar-refractivity contribution is -0.140. The van der Waals surface area contributed by atoms with Crippen LogP contribution in [0, 0.1) is 0 Å². The Morgan fingerprint density at radius 3 is 2.18 bits per heavy atom. The Morgan fingerprint density at radius 1 is 0.941 bits per heavy atom.